The molecule has 2 N–H and O–H groups in total. The first-order chi connectivity index (χ1) is 9.40. The lowest BCUT2D eigenvalue weighted by Crippen LogP contribution is -2.34. The van der Waals surface area contributed by atoms with Crippen LogP contribution in [-0.4, -0.2) is 39.0 Å². The highest BCUT2D eigenvalue weighted by molar-refractivity contribution is 7.89. The molecule has 0 aromatic heterocycles. The van der Waals surface area contributed by atoms with Gasteiger partial charge in [-0.2, -0.15) is 4.31 Å². The summed E-state index contributed by atoms with van der Waals surface area (Å²) in [6.45, 7) is 2.86. The van der Waals surface area contributed by atoms with Crippen LogP contribution in [0.4, 0.5) is 0 Å². The zero-order chi connectivity index (χ0) is 14.9. The summed E-state index contributed by atoms with van der Waals surface area (Å²) >= 11 is 6.01. The first-order valence-electron chi connectivity index (χ1n) is 6.45. The minimum atomic E-state index is -3.54. The molecule has 8 heteroatoms. The summed E-state index contributed by atoms with van der Waals surface area (Å²) in [7, 11) is -2.05. The van der Waals surface area contributed by atoms with Crippen LogP contribution < -0.4 is 10.5 Å². The number of rotatable bonds is 4. The second-order valence-corrected chi connectivity index (χ2v) is 7.36. The first-order valence-corrected chi connectivity index (χ1v) is 8.27. The van der Waals surface area contributed by atoms with Crippen LogP contribution in [0.2, 0.25) is 5.02 Å². The number of hydrogen-bond acceptors (Lipinski definition) is 4. The molecule has 120 valence electrons. The maximum Gasteiger partial charge on any atom is 0.243 e. The number of nitrogens with two attached hydrogens (primary N) is 1. The summed E-state index contributed by atoms with van der Waals surface area (Å²) in [6.07, 6.45) is 0.791. The third-order valence-corrected chi connectivity index (χ3v) is 5.94. The van der Waals surface area contributed by atoms with Gasteiger partial charge in [0.15, 0.2) is 0 Å². The number of ether oxygens (including phenoxy) is 1. The molecule has 0 radical (unpaired) electrons. The molecule has 0 bridgehead atoms. The second kappa shape index (κ2) is 7.15. The average molecular weight is 355 g/mol. The van der Waals surface area contributed by atoms with E-state index in [9.17, 15) is 8.42 Å². The Morgan fingerprint density at radius 3 is 2.62 bits per heavy atom. The Bertz CT molecular complexity index is 595. The Labute approximate surface area is 136 Å². The van der Waals surface area contributed by atoms with Crippen LogP contribution in [0.3, 0.4) is 0 Å². The van der Waals surface area contributed by atoms with Gasteiger partial charge in [-0.25, -0.2) is 8.42 Å². The van der Waals surface area contributed by atoms with Crippen molar-refractivity contribution >= 4 is 34.0 Å². The Balaban J connectivity index is 0.00000220. The normalized spacial score (nSPS) is 22.9. The molecular formula is C13H20Cl2N2O3S. The summed E-state index contributed by atoms with van der Waals surface area (Å²) in [5, 5.41) is 0.288. The predicted octanol–water partition coefficient (Wildman–Crippen LogP) is 2.13. The van der Waals surface area contributed by atoms with Gasteiger partial charge in [-0.15, -0.1) is 12.4 Å². The van der Waals surface area contributed by atoms with Gasteiger partial charge in [0.05, 0.1) is 17.0 Å². The largest absolute Gasteiger partial charge is 0.495 e. The van der Waals surface area contributed by atoms with Crippen molar-refractivity contribution in [2.75, 3.05) is 20.2 Å². The summed E-state index contributed by atoms with van der Waals surface area (Å²) in [6, 6.07) is 4.46. The van der Waals surface area contributed by atoms with E-state index in [1.165, 1.54) is 23.5 Å². The van der Waals surface area contributed by atoms with Crippen molar-refractivity contribution in [3.63, 3.8) is 0 Å². The number of halogens is 2. The number of hydrogen-bond donors (Lipinski definition) is 1. The number of benzene rings is 1. The van der Waals surface area contributed by atoms with E-state index in [1.54, 1.807) is 6.07 Å². The fraction of sp³-hybridized carbons (Fsp3) is 0.538. The third kappa shape index (κ3) is 3.63. The zero-order valence-corrected chi connectivity index (χ0v) is 14.3. The van der Waals surface area contributed by atoms with E-state index in [4.69, 9.17) is 22.1 Å². The molecule has 5 nitrogen and oxygen atoms in total. The predicted molar refractivity (Wildman–Crippen MR) is 85.8 cm³/mol. The van der Waals surface area contributed by atoms with Gasteiger partial charge >= 0.3 is 0 Å². The zero-order valence-electron chi connectivity index (χ0n) is 12.0. The average Bonchev–Trinajstić information content (AvgIpc) is 2.80. The highest BCUT2D eigenvalue weighted by Crippen LogP contribution is 2.32. The molecule has 1 aliphatic heterocycles. The van der Waals surface area contributed by atoms with E-state index in [0.717, 1.165) is 6.42 Å². The molecule has 1 aromatic carbocycles. The minimum Gasteiger partial charge on any atom is -0.495 e. The molecular weight excluding hydrogens is 335 g/mol. The summed E-state index contributed by atoms with van der Waals surface area (Å²) < 4.78 is 31.8. The quantitative estimate of drug-likeness (QED) is 0.898. The van der Waals surface area contributed by atoms with Crippen molar-refractivity contribution in [2.45, 2.75) is 24.3 Å². The van der Waals surface area contributed by atoms with Gasteiger partial charge < -0.3 is 10.5 Å². The second-order valence-electron chi connectivity index (χ2n) is 5.06. The van der Waals surface area contributed by atoms with E-state index < -0.39 is 10.0 Å². The fourth-order valence-corrected chi connectivity index (χ4v) is 4.62. The minimum absolute atomic E-state index is 0. The van der Waals surface area contributed by atoms with Crippen molar-refractivity contribution in [3.05, 3.63) is 23.2 Å². The monoisotopic (exact) mass is 354 g/mol. The van der Waals surface area contributed by atoms with Crippen molar-refractivity contribution in [1.29, 1.82) is 0 Å². The van der Waals surface area contributed by atoms with Gasteiger partial charge in [-0.1, -0.05) is 11.6 Å². The Morgan fingerprint density at radius 1 is 1.48 bits per heavy atom. The molecule has 2 rings (SSSR count). The Hall–Kier alpha value is -0.530. The van der Waals surface area contributed by atoms with Crippen LogP contribution in [0.1, 0.15) is 13.3 Å². The topological polar surface area (TPSA) is 72.6 Å². The molecule has 21 heavy (non-hydrogen) atoms. The standard InChI is InChI=1S/C13H19ClN2O3S.ClH/c1-9-5-10(7-15)8-16(9)20(17,18)11-3-4-13(19-2)12(14)6-11;/h3-4,6,9-10H,5,7-8,15H2,1-2H3;1H. The maximum atomic E-state index is 12.6. The maximum absolute atomic E-state index is 12.6. The van der Waals surface area contributed by atoms with Crippen LogP contribution in [0.15, 0.2) is 23.1 Å². The van der Waals surface area contributed by atoms with E-state index in [1.807, 2.05) is 6.92 Å². The van der Waals surface area contributed by atoms with Crippen molar-refractivity contribution in [2.24, 2.45) is 11.7 Å². The van der Waals surface area contributed by atoms with Crippen molar-refractivity contribution in [3.8, 4) is 5.75 Å². The highest BCUT2D eigenvalue weighted by Gasteiger charge is 2.37. The van der Waals surface area contributed by atoms with Crippen LogP contribution in [0.25, 0.3) is 0 Å². The molecule has 0 saturated carbocycles. The van der Waals surface area contributed by atoms with Crippen molar-refractivity contribution in [1.82, 2.24) is 4.31 Å². The Morgan fingerprint density at radius 2 is 2.14 bits per heavy atom. The molecule has 2 atom stereocenters. The molecule has 0 spiro atoms. The van der Waals surface area contributed by atoms with Crippen LogP contribution in [0.5, 0.6) is 5.75 Å². The lowest BCUT2D eigenvalue weighted by atomic mass is 10.1. The number of methoxy groups -OCH3 is 1. The van der Waals surface area contributed by atoms with E-state index >= 15 is 0 Å². The third-order valence-electron chi connectivity index (χ3n) is 3.67. The Kier molecular flexibility index (Phi) is 6.31. The van der Waals surface area contributed by atoms with E-state index in [2.05, 4.69) is 0 Å². The lowest BCUT2D eigenvalue weighted by Gasteiger charge is -2.21. The van der Waals surface area contributed by atoms with Gasteiger partial charge in [0.2, 0.25) is 10.0 Å². The molecule has 1 saturated heterocycles. The number of nitrogens with zero attached hydrogens (tertiary/aromatic N) is 1. The van der Waals surface area contributed by atoms with Gasteiger partial charge in [0.1, 0.15) is 5.75 Å². The smallest absolute Gasteiger partial charge is 0.243 e. The summed E-state index contributed by atoms with van der Waals surface area (Å²) in [5.41, 5.74) is 5.64. The van der Waals surface area contributed by atoms with Gasteiger partial charge in [0.25, 0.3) is 0 Å². The van der Waals surface area contributed by atoms with Gasteiger partial charge in [-0.05, 0) is 44.0 Å². The molecule has 2 unspecified atom stereocenters. The van der Waals surface area contributed by atoms with Gasteiger partial charge in [0, 0.05) is 12.6 Å². The SMILES string of the molecule is COc1ccc(S(=O)(=O)N2CC(CN)CC2C)cc1Cl.Cl. The molecule has 1 fully saturated rings. The van der Waals surface area contributed by atoms with E-state index in [0.29, 0.717) is 18.8 Å². The van der Waals surface area contributed by atoms with Crippen LogP contribution in [-0.2, 0) is 10.0 Å². The molecule has 0 amide bonds. The van der Waals surface area contributed by atoms with Crippen molar-refractivity contribution < 1.29 is 13.2 Å². The van der Waals surface area contributed by atoms with Gasteiger partial charge in [-0.3, -0.25) is 0 Å². The molecule has 0 aliphatic carbocycles. The highest BCUT2D eigenvalue weighted by atomic mass is 35.5. The molecule has 1 heterocycles. The van der Waals surface area contributed by atoms with Crippen LogP contribution in [0, 0.1) is 5.92 Å². The lowest BCUT2D eigenvalue weighted by molar-refractivity contribution is 0.403. The molecule has 1 aromatic rings. The molecule has 1 aliphatic rings. The summed E-state index contributed by atoms with van der Waals surface area (Å²) in [5.74, 6) is 0.674. The fourth-order valence-electron chi connectivity index (χ4n) is 2.56. The summed E-state index contributed by atoms with van der Waals surface area (Å²) in [4.78, 5) is 0.188. The van der Waals surface area contributed by atoms with E-state index in [-0.39, 0.29) is 34.3 Å². The number of sulfonamides is 1. The van der Waals surface area contributed by atoms with Crippen LogP contribution >= 0.6 is 24.0 Å². The first kappa shape index (κ1) is 18.5.